The fourth-order valence-corrected chi connectivity index (χ4v) is 2.61. The van der Waals surface area contributed by atoms with E-state index in [1.165, 1.54) is 0 Å². The van der Waals surface area contributed by atoms with Crippen molar-refractivity contribution in [1.82, 2.24) is 4.90 Å². The monoisotopic (exact) mass is 298 g/mol. The number of nitrogens with zero attached hydrogens (tertiary/aromatic N) is 1. The summed E-state index contributed by atoms with van der Waals surface area (Å²) in [4.78, 5) is 14.3. The number of benzene rings is 1. The maximum absolute atomic E-state index is 12.3. The zero-order chi connectivity index (χ0) is 13.8. The average molecular weight is 299 g/mol. The molecule has 20 heavy (non-hydrogen) atoms. The highest BCUT2D eigenvalue weighted by Crippen LogP contribution is 2.34. The first-order valence-corrected chi connectivity index (χ1v) is 6.82. The minimum atomic E-state index is -0.105. The minimum absolute atomic E-state index is 0. The van der Waals surface area contributed by atoms with Gasteiger partial charge < -0.3 is 15.4 Å². The van der Waals surface area contributed by atoms with E-state index in [9.17, 15) is 4.79 Å². The molecule has 2 atom stereocenters. The van der Waals surface area contributed by atoms with E-state index >= 15 is 0 Å². The number of halogens is 1. The van der Waals surface area contributed by atoms with Crippen molar-refractivity contribution in [2.24, 2.45) is 11.7 Å². The van der Waals surface area contributed by atoms with Crippen LogP contribution >= 0.6 is 12.4 Å². The van der Waals surface area contributed by atoms with Gasteiger partial charge in [0.1, 0.15) is 5.75 Å². The Morgan fingerprint density at radius 3 is 2.95 bits per heavy atom. The number of hydrogen-bond donors (Lipinski definition) is 1. The predicted octanol–water partition coefficient (Wildman–Crippen LogP) is 2.38. The van der Waals surface area contributed by atoms with Crippen LogP contribution in [0.1, 0.15) is 31.4 Å². The van der Waals surface area contributed by atoms with Gasteiger partial charge in [-0.05, 0) is 30.5 Å². The van der Waals surface area contributed by atoms with Gasteiger partial charge in [0.2, 0.25) is 5.91 Å². The van der Waals surface area contributed by atoms with Gasteiger partial charge in [0.25, 0.3) is 0 Å². The van der Waals surface area contributed by atoms with Gasteiger partial charge >= 0.3 is 0 Å². The van der Waals surface area contributed by atoms with Gasteiger partial charge in [-0.2, -0.15) is 0 Å². The quantitative estimate of drug-likeness (QED) is 0.928. The van der Waals surface area contributed by atoms with Crippen molar-refractivity contribution in [2.75, 3.05) is 20.2 Å². The zero-order valence-corrected chi connectivity index (χ0v) is 12.9. The van der Waals surface area contributed by atoms with Crippen molar-refractivity contribution < 1.29 is 9.53 Å². The number of methoxy groups -OCH3 is 1. The molecule has 1 heterocycles. The maximum atomic E-state index is 12.3. The summed E-state index contributed by atoms with van der Waals surface area (Å²) in [5, 5.41) is 0. The van der Waals surface area contributed by atoms with E-state index < -0.39 is 0 Å². The van der Waals surface area contributed by atoms with Gasteiger partial charge in [0, 0.05) is 19.0 Å². The molecule has 0 bridgehead atoms. The Hall–Kier alpha value is -1.26. The molecule has 1 aromatic carbocycles. The lowest BCUT2D eigenvalue weighted by molar-refractivity contribution is -0.135. The van der Waals surface area contributed by atoms with Crippen LogP contribution < -0.4 is 10.5 Å². The first-order valence-electron chi connectivity index (χ1n) is 6.82. The summed E-state index contributed by atoms with van der Waals surface area (Å²) in [5.41, 5.74) is 6.75. The Bertz CT molecular complexity index is 453. The molecule has 2 N–H and O–H groups in total. The molecule has 0 radical (unpaired) electrons. The van der Waals surface area contributed by atoms with Crippen molar-refractivity contribution >= 4 is 18.3 Å². The largest absolute Gasteiger partial charge is 0.497 e. The number of rotatable bonds is 4. The number of amides is 1. The second-order valence-electron chi connectivity index (χ2n) is 5.10. The molecule has 4 nitrogen and oxygen atoms in total. The number of hydrogen-bond acceptors (Lipinski definition) is 3. The van der Waals surface area contributed by atoms with Crippen LogP contribution in [-0.4, -0.2) is 31.0 Å². The van der Waals surface area contributed by atoms with Crippen molar-refractivity contribution in [1.29, 1.82) is 0 Å². The highest BCUT2D eigenvalue weighted by molar-refractivity contribution is 5.85. The molecule has 1 aliphatic rings. The van der Waals surface area contributed by atoms with Crippen LogP contribution in [0, 0.1) is 5.92 Å². The van der Waals surface area contributed by atoms with Gasteiger partial charge in [0.05, 0.1) is 13.2 Å². The van der Waals surface area contributed by atoms with Gasteiger partial charge in [-0.25, -0.2) is 0 Å². The Morgan fingerprint density at radius 1 is 1.55 bits per heavy atom. The van der Waals surface area contributed by atoms with Crippen molar-refractivity contribution in [3.8, 4) is 5.75 Å². The van der Waals surface area contributed by atoms with Gasteiger partial charge in [-0.1, -0.05) is 19.1 Å². The summed E-state index contributed by atoms with van der Waals surface area (Å²) in [6.07, 6.45) is 2.06. The molecule has 0 saturated carbocycles. The Labute approximate surface area is 126 Å². The smallest absolute Gasteiger partial charge is 0.227 e. The third kappa shape index (κ3) is 3.44. The molecule has 2 rings (SSSR count). The summed E-state index contributed by atoms with van der Waals surface area (Å²) in [7, 11) is 1.66. The second kappa shape index (κ2) is 7.50. The molecule has 112 valence electrons. The Kier molecular flexibility index (Phi) is 6.30. The average Bonchev–Trinajstić information content (AvgIpc) is 2.95. The van der Waals surface area contributed by atoms with Crippen LogP contribution in [-0.2, 0) is 4.79 Å². The lowest BCUT2D eigenvalue weighted by Gasteiger charge is -2.27. The number of carbonyl (C=O) groups excluding carboxylic acids is 1. The second-order valence-corrected chi connectivity index (χ2v) is 5.10. The Balaban J connectivity index is 0.00000200. The van der Waals surface area contributed by atoms with E-state index in [0.717, 1.165) is 30.7 Å². The maximum Gasteiger partial charge on any atom is 0.227 e. The molecular weight excluding hydrogens is 276 g/mol. The first-order chi connectivity index (χ1) is 9.17. The van der Waals surface area contributed by atoms with Crippen molar-refractivity contribution in [3.05, 3.63) is 29.8 Å². The predicted molar refractivity (Wildman–Crippen MR) is 82.1 cm³/mol. The third-order valence-electron chi connectivity index (χ3n) is 3.79. The van der Waals surface area contributed by atoms with Crippen LogP contribution in [0.5, 0.6) is 5.75 Å². The van der Waals surface area contributed by atoms with E-state index in [-0.39, 0.29) is 30.3 Å². The highest BCUT2D eigenvalue weighted by atomic mass is 35.5. The van der Waals surface area contributed by atoms with E-state index in [1.807, 2.05) is 30.0 Å². The number of carbonyl (C=O) groups is 1. The number of ether oxygens (including phenoxy) is 1. The van der Waals surface area contributed by atoms with Crippen molar-refractivity contribution in [2.45, 2.75) is 25.8 Å². The summed E-state index contributed by atoms with van der Waals surface area (Å²) >= 11 is 0. The summed E-state index contributed by atoms with van der Waals surface area (Å²) in [5.74, 6) is 0.891. The van der Waals surface area contributed by atoms with Crippen LogP contribution in [0.25, 0.3) is 0 Å². The summed E-state index contributed by atoms with van der Waals surface area (Å²) in [6, 6.07) is 8.14. The van der Waals surface area contributed by atoms with E-state index in [4.69, 9.17) is 10.5 Å². The molecule has 1 aromatic rings. The van der Waals surface area contributed by atoms with Crippen molar-refractivity contribution in [3.63, 3.8) is 0 Å². The molecule has 2 unspecified atom stereocenters. The number of likely N-dealkylation sites (tertiary alicyclic amines) is 1. The molecular formula is C15H23ClN2O2. The third-order valence-corrected chi connectivity index (χ3v) is 3.79. The lowest BCUT2D eigenvalue weighted by atomic mass is 10.0. The molecule has 1 aliphatic heterocycles. The fourth-order valence-electron chi connectivity index (χ4n) is 2.61. The number of nitrogens with two attached hydrogens (primary N) is 1. The summed E-state index contributed by atoms with van der Waals surface area (Å²) in [6.45, 7) is 3.12. The molecule has 5 heteroatoms. The molecule has 1 fully saturated rings. The molecule has 1 saturated heterocycles. The standard InChI is InChI=1S/C15H22N2O2.ClH/c1-11(10-16)15(18)17-8-4-7-14(17)12-5-3-6-13(9-12)19-2;/h3,5-6,9,11,14H,4,7-8,10,16H2,1-2H3;1H. The fraction of sp³-hybridized carbons (Fsp3) is 0.533. The minimum Gasteiger partial charge on any atom is -0.497 e. The van der Waals surface area contributed by atoms with Crippen LogP contribution in [0.2, 0.25) is 0 Å². The van der Waals surface area contributed by atoms with E-state index in [0.29, 0.717) is 6.54 Å². The van der Waals surface area contributed by atoms with Gasteiger partial charge in [0.15, 0.2) is 0 Å². The Morgan fingerprint density at radius 2 is 2.30 bits per heavy atom. The van der Waals surface area contributed by atoms with E-state index in [2.05, 4.69) is 6.07 Å². The molecule has 0 aliphatic carbocycles. The lowest BCUT2D eigenvalue weighted by Crippen LogP contribution is -2.37. The zero-order valence-electron chi connectivity index (χ0n) is 12.0. The molecule has 0 spiro atoms. The topological polar surface area (TPSA) is 55.6 Å². The molecule has 0 aromatic heterocycles. The van der Waals surface area contributed by atoms with E-state index in [1.54, 1.807) is 7.11 Å². The first kappa shape index (κ1) is 16.8. The SMILES string of the molecule is COc1cccc(C2CCCN2C(=O)C(C)CN)c1.Cl. The van der Waals surface area contributed by atoms with Gasteiger partial charge in [-0.3, -0.25) is 4.79 Å². The van der Waals surface area contributed by atoms with Crippen LogP contribution in [0.3, 0.4) is 0 Å². The van der Waals surface area contributed by atoms with Gasteiger partial charge in [-0.15, -0.1) is 12.4 Å². The summed E-state index contributed by atoms with van der Waals surface area (Å²) < 4.78 is 5.26. The van der Waals surface area contributed by atoms with Crippen LogP contribution in [0.4, 0.5) is 0 Å². The highest BCUT2D eigenvalue weighted by Gasteiger charge is 2.31. The molecule has 1 amide bonds. The normalized spacial score (nSPS) is 19.4. The van der Waals surface area contributed by atoms with Crippen LogP contribution in [0.15, 0.2) is 24.3 Å².